The molecule has 0 saturated carbocycles. The van der Waals surface area contributed by atoms with Gasteiger partial charge in [0, 0.05) is 12.6 Å². The predicted octanol–water partition coefficient (Wildman–Crippen LogP) is 1.31. The molecule has 84 valence electrons. The molecule has 0 aromatic heterocycles. The molecule has 2 rings (SSSR count). The van der Waals surface area contributed by atoms with Gasteiger partial charge < -0.3 is 10.2 Å². The molecule has 2 atom stereocenters. The Morgan fingerprint density at radius 1 is 1.40 bits per heavy atom. The van der Waals surface area contributed by atoms with Crippen LogP contribution in [0.4, 0.5) is 0 Å². The molecule has 1 saturated heterocycles. The van der Waals surface area contributed by atoms with E-state index in [4.69, 9.17) is 0 Å². The van der Waals surface area contributed by atoms with E-state index in [1.54, 1.807) is 0 Å². The average molecular weight is 208 g/mol. The minimum absolute atomic E-state index is 0.0599. The Hall–Kier alpha value is -0.830. The van der Waals surface area contributed by atoms with Crippen molar-refractivity contribution in [1.82, 2.24) is 10.2 Å². The van der Waals surface area contributed by atoms with Crippen LogP contribution in [0, 0.1) is 0 Å². The van der Waals surface area contributed by atoms with Crippen LogP contribution >= 0.6 is 0 Å². The van der Waals surface area contributed by atoms with Crippen LogP contribution in [0.3, 0.4) is 0 Å². The summed E-state index contributed by atoms with van der Waals surface area (Å²) in [6.07, 6.45) is 9.87. The third-order valence-corrected chi connectivity index (χ3v) is 3.50. The summed E-state index contributed by atoms with van der Waals surface area (Å²) < 4.78 is 0. The number of likely N-dealkylation sites (tertiary alicyclic amines) is 1. The summed E-state index contributed by atoms with van der Waals surface area (Å²) in [5, 5.41) is 3.11. The van der Waals surface area contributed by atoms with Gasteiger partial charge in [0.25, 0.3) is 0 Å². The van der Waals surface area contributed by atoms with Gasteiger partial charge in [-0.15, -0.1) is 0 Å². The van der Waals surface area contributed by atoms with Gasteiger partial charge in [-0.25, -0.2) is 0 Å². The topological polar surface area (TPSA) is 32.3 Å². The summed E-state index contributed by atoms with van der Waals surface area (Å²) in [5.41, 5.74) is 0. The molecule has 0 spiro atoms. The molecule has 1 aliphatic carbocycles. The van der Waals surface area contributed by atoms with Gasteiger partial charge in [-0.3, -0.25) is 4.79 Å². The lowest BCUT2D eigenvalue weighted by Crippen LogP contribution is -2.53. The minimum Gasteiger partial charge on any atom is -0.338 e. The molecule has 3 heteroatoms. The summed E-state index contributed by atoms with van der Waals surface area (Å²) in [5.74, 6) is 0.309. The highest BCUT2D eigenvalue weighted by molar-refractivity contribution is 5.82. The van der Waals surface area contributed by atoms with Crippen molar-refractivity contribution in [3.05, 3.63) is 12.2 Å². The number of rotatable bonds is 2. The van der Waals surface area contributed by atoms with Crippen LogP contribution in [0.1, 0.15) is 32.1 Å². The first-order chi connectivity index (χ1) is 7.33. The standard InChI is InChI=1S/C12H20N2O/c1-13-11-8-5-9-14(12(11)15)10-6-3-2-4-7-10/h2-3,10-11,13H,4-9H2,1H3. The summed E-state index contributed by atoms with van der Waals surface area (Å²) >= 11 is 0. The summed E-state index contributed by atoms with van der Waals surface area (Å²) in [6, 6.07) is 0.517. The van der Waals surface area contributed by atoms with Crippen LogP contribution in [-0.4, -0.2) is 36.5 Å². The van der Waals surface area contributed by atoms with Crippen molar-refractivity contribution in [1.29, 1.82) is 0 Å². The van der Waals surface area contributed by atoms with Crippen LogP contribution in [0.2, 0.25) is 0 Å². The van der Waals surface area contributed by atoms with Crippen LogP contribution in [-0.2, 0) is 4.79 Å². The number of hydrogen-bond donors (Lipinski definition) is 1. The van der Waals surface area contributed by atoms with Crippen LogP contribution in [0.25, 0.3) is 0 Å². The van der Waals surface area contributed by atoms with Gasteiger partial charge in [0.2, 0.25) is 5.91 Å². The molecule has 1 N–H and O–H groups in total. The molecule has 3 nitrogen and oxygen atoms in total. The van der Waals surface area contributed by atoms with Crippen molar-refractivity contribution < 1.29 is 4.79 Å². The smallest absolute Gasteiger partial charge is 0.239 e. The highest BCUT2D eigenvalue weighted by Crippen LogP contribution is 2.22. The zero-order valence-electron chi connectivity index (χ0n) is 9.41. The normalized spacial score (nSPS) is 32.1. The molecule has 0 bridgehead atoms. The van der Waals surface area contributed by atoms with E-state index in [1.165, 1.54) is 0 Å². The second-order valence-corrected chi connectivity index (χ2v) is 4.45. The van der Waals surface area contributed by atoms with E-state index in [9.17, 15) is 4.79 Å². The Labute approximate surface area is 91.5 Å². The Morgan fingerprint density at radius 3 is 2.93 bits per heavy atom. The van der Waals surface area contributed by atoms with Gasteiger partial charge in [-0.2, -0.15) is 0 Å². The minimum atomic E-state index is 0.0599. The van der Waals surface area contributed by atoms with Crippen molar-refractivity contribution in [2.24, 2.45) is 0 Å². The number of carbonyl (C=O) groups excluding carboxylic acids is 1. The number of nitrogens with one attached hydrogen (secondary N) is 1. The van der Waals surface area contributed by atoms with Crippen molar-refractivity contribution in [2.75, 3.05) is 13.6 Å². The van der Waals surface area contributed by atoms with E-state index in [0.29, 0.717) is 11.9 Å². The van der Waals surface area contributed by atoms with Crippen LogP contribution < -0.4 is 5.32 Å². The van der Waals surface area contributed by atoms with E-state index in [-0.39, 0.29) is 6.04 Å². The second-order valence-electron chi connectivity index (χ2n) is 4.45. The van der Waals surface area contributed by atoms with Gasteiger partial charge >= 0.3 is 0 Å². The summed E-state index contributed by atoms with van der Waals surface area (Å²) in [6.45, 7) is 0.954. The number of carbonyl (C=O) groups is 1. The molecule has 0 radical (unpaired) electrons. The first-order valence-electron chi connectivity index (χ1n) is 5.95. The van der Waals surface area contributed by atoms with Gasteiger partial charge in [-0.05, 0) is 39.2 Å². The molecule has 15 heavy (non-hydrogen) atoms. The monoisotopic (exact) mass is 208 g/mol. The number of likely N-dealkylation sites (N-methyl/N-ethyl adjacent to an activating group) is 1. The molecule has 2 aliphatic rings. The zero-order valence-corrected chi connectivity index (χ0v) is 9.41. The molecular weight excluding hydrogens is 188 g/mol. The lowest BCUT2D eigenvalue weighted by atomic mass is 9.96. The quantitative estimate of drug-likeness (QED) is 0.694. The van der Waals surface area contributed by atoms with Crippen LogP contribution in [0.15, 0.2) is 12.2 Å². The number of allylic oxidation sites excluding steroid dienone is 1. The molecule has 1 amide bonds. The average Bonchev–Trinajstić information content (AvgIpc) is 2.30. The van der Waals surface area contributed by atoms with E-state index >= 15 is 0 Å². The maximum Gasteiger partial charge on any atom is 0.239 e. The molecule has 0 aromatic carbocycles. The van der Waals surface area contributed by atoms with E-state index in [1.807, 2.05) is 7.05 Å². The highest BCUT2D eigenvalue weighted by atomic mass is 16.2. The number of nitrogens with zero attached hydrogens (tertiary/aromatic N) is 1. The fraction of sp³-hybridized carbons (Fsp3) is 0.750. The number of piperidine rings is 1. The zero-order chi connectivity index (χ0) is 10.7. The Bertz CT molecular complexity index is 262. The SMILES string of the molecule is CNC1CCCN(C2CC=CCC2)C1=O. The fourth-order valence-corrected chi connectivity index (χ4v) is 2.59. The maximum atomic E-state index is 12.1. The van der Waals surface area contributed by atoms with Gasteiger partial charge in [0.15, 0.2) is 0 Å². The predicted molar refractivity (Wildman–Crippen MR) is 60.6 cm³/mol. The molecule has 2 unspecified atom stereocenters. The second kappa shape index (κ2) is 4.79. The van der Waals surface area contributed by atoms with E-state index in [2.05, 4.69) is 22.4 Å². The van der Waals surface area contributed by atoms with Crippen molar-refractivity contribution >= 4 is 5.91 Å². The Morgan fingerprint density at radius 2 is 2.27 bits per heavy atom. The maximum absolute atomic E-state index is 12.1. The summed E-state index contributed by atoms with van der Waals surface area (Å²) in [4.78, 5) is 14.2. The van der Waals surface area contributed by atoms with Crippen molar-refractivity contribution in [2.45, 2.75) is 44.2 Å². The van der Waals surface area contributed by atoms with Crippen LogP contribution in [0.5, 0.6) is 0 Å². The largest absolute Gasteiger partial charge is 0.338 e. The molecular formula is C12H20N2O. The van der Waals surface area contributed by atoms with Gasteiger partial charge in [0.05, 0.1) is 6.04 Å². The van der Waals surface area contributed by atoms with Gasteiger partial charge in [0.1, 0.15) is 0 Å². The Balaban J connectivity index is 2.01. The summed E-state index contributed by atoms with van der Waals surface area (Å²) in [7, 11) is 1.88. The third kappa shape index (κ3) is 2.23. The lowest BCUT2D eigenvalue weighted by Gasteiger charge is -2.38. The molecule has 1 heterocycles. The van der Waals surface area contributed by atoms with Crippen molar-refractivity contribution in [3.63, 3.8) is 0 Å². The lowest BCUT2D eigenvalue weighted by molar-refractivity contribution is -0.138. The number of hydrogen-bond acceptors (Lipinski definition) is 2. The molecule has 1 fully saturated rings. The van der Waals surface area contributed by atoms with Gasteiger partial charge in [-0.1, -0.05) is 12.2 Å². The van der Waals surface area contributed by atoms with E-state index < -0.39 is 0 Å². The molecule has 0 aromatic rings. The van der Waals surface area contributed by atoms with E-state index in [0.717, 1.165) is 38.6 Å². The fourth-order valence-electron chi connectivity index (χ4n) is 2.59. The Kier molecular flexibility index (Phi) is 3.41. The van der Waals surface area contributed by atoms with Crippen molar-refractivity contribution in [3.8, 4) is 0 Å². The first kappa shape index (κ1) is 10.7. The molecule has 1 aliphatic heterocycles. The number of amides is 1. The third-order valence-electron chi connectivity index (χ3n) is 3.50. The first-order valence-corrected chi connectivity index (χ1v) is 5.95. The highest BCUT2D eigenvalue weighted by Gasteiger charge is 2.31.